The van der Waals surface area contributed by atoms with Gasteiger partial charge in [-0.25, -0.2) is 4.39 Å². The van der Waals surface area contributed by atoms with Gasteiger partial charge in [-0.3, -0.25) is 9.69 Å². The second-order valence-electron chi connectivity index (χ2n) is 7.41. The number of benzene rings is 1. The molecule has 0 aliphatic carbocycles. The molecule has 0 aromatic heterocycles. The molecule has 1 atom stereocenters. The van der Waals surface area contributed by atoms with Crippen molar-refractivity contribution in [2.45, 2.75) is 19.4 Å². The van der Waals surface area contributed by atoms with Gasteiger partial charge >= 0.3 is 0 Å². The molecule has 0 N–H and O–H groups in total. The lowest BCUT2D eigenvalue weighted by molar-refractivity contribution is -0.136. The van der Waals surface area contributed by atoms with Gasteiger partial charge in [-0.05, 0) is 45.5 Å². The first-order valence-electron chi connectivity index (χ1n) is 9.36. The maximum absolute atomic E-state index is 13.9. The normalized spacial score (nSPS) is 18.3. The molecule has 1 fully saturated rings. The average Bonchev–Trinajstić information content (AvgIpc) is 2.61. The van der Waals surface area contributed by atoms with Crippen molar-refractivity contribution in [2.24, 2.45) is 5.92 Å². The lowest BCUT2D eigenvalue weighted by atomic mass is 9.96. The first kappa shape index (κ1) is 20.8. The molecular weight excluding hydrogens is 333 g/mol. The molecule has 1 heterocycles. The van der Waals surface area contributed by atoms with Crippen LogP contribution in [0, 0.1) is 11.7 Å². The summed E-state index contributed by atoms with van der Waals surface area (Å²) in [6.45, 7) is 4.91. The highest BCUT2D eigenvalue weighted by Gasteiger charge is 2.24. The fourth-order valence-corrected chi connectivity index (χ4v) is 3.48. The molecule has 1 amide bonds. The van der Waals surface area contributed by atoms with Crippen LogP contribution in [0.5, 0.6) is 0 Å². The average molecular weight is 365 g/mol. The van der Waals surface area contributed by atoms with Crippen LogP contribution in [-0.2, 0) is 16.1 Å². The van der Waals surface area contributed by atoms with Crippen LogP contribution in [0.15, 0.2) is 24.3 Å². The number of amides is 1. The number of likely N-dealkylation sites (tertiary alicyclic amines) is 1. The van der Waals surface area contributed by atoms with Crippen molar-refractivity contribution < 1.29 is 13.9 Å². The third-order valence-electron chi connectivity index (χ3n) is 4.87. The number of methoxy groups -OCH3 is 1. The summed E-state index contributed by atoms with van der Waals surface area (Å²) in [5.74, 6) is 0.316. The van der Waals surface area contributed by atoms with Gasteiger partial charge < -0.3 is 14.5 Å². The highest BCUT2D eigenvalue weighted by atomic mass is 19.1. The Morgan fingerprint density at radius 3 is 2.77 bits per heavy atom. The highest BCUT2D eigenvalue weighted by Crippen LogP contribution is 2.20. The summed E-state index contributed by atoms with van der Waals surface area (Å²) in [7, 11) is 5.57. The van der Waals surface area contributed by atoms with Crippen molar-refractivity contribution in [3.05, 3.63) is 35.6 Å². The Bertz CT molecular complexity index is 568. The zero-order valence-electron chi connectivity index (χ0n) is 16.3. The van der Waals surface area contributed by atoms with Crippen molar-refractivity contribution in [3.8, 4) is 0 Å². The first-order valence-corrected chi connectivity index (χ1v) is 9.36. The Kier molecular flexibility index (Phi) is 8.48. The van der Waals surface area contributed by atoms with E-state index in [2.05, 4.69) is 9.80 Å². The van der Waals surface area contributed by atoms with Crippen molar-refractivity contribution in [1.29, 1.82) is 0 Å². The predicted molar refractivity (Wildman–Crippen MR) is 101 cm³/mol. The molecule has 0 bridgehead atoms. The van der Waals surface area contributed by atoms with Crippen LogP contribution in [0.3, 0.4) is 0 Å². The molecule has 1 aromatic rings. The number of carbonyl (C=O) groups is 1. The van der Waals surface area contributed by atoms with Gasteiger partial charge in [0.2, 0.25) is 5.91 Å². The molecule has 1 saturated heterocycles. The van der Waals surface area contributed by atoms with Crippen LogP contribution in [-0.4, -0.2) is 81.1 Å². The van der Waals surface area contributed by atoms with E-state index >= 15 is 0 Å². The second kappa shape index (κ2) is 10.6. The summed E-state index contributed by atoms with van der Waals surface area (Å²) in [6.07, 6.45) is 2.19. The Labute approximate surface area is 156 Å². The molecule has 0 saturated carbocycles. The van der Waals surface area contributed by atoms with Crippen LogP contribution in [0.1, 0.15) is 18.4 Å². The fraction of sp³-hybridized carbons (Fsp3) is 0.650. The molecule has 0 unspecified atom stereocenters. The standard InChI is InChI=1S/C20H32FN3O2/c1-22(2)11-12-24(20(25)16-26-3)14-17-7-6-10-23(13-17)15-18-8-4-5-9-19(18)21/h4-5,8-9,17H,6-7,10-16H2,1-3H3/t17-/m1/s1. The molecular formula is C20H32FN3O2. The van der Waals surface area contributed by atoms with Crippen LogP contribution in [0.2, 0.25) is 0 Å². The number of piperidine rings is 1. The smallest absolute Gasteiger partial charge is 0.248 e. The molecule has 0 radical (unpaired) electrons. The molecule has 146 valence electrons. The number of likely N-dealkylation sites (N-methyl/N-ethyl adjacent to an activating group) is 1. The number of rotatable bonds is 9. The van der Waals surface area contributed by atoms with Gasteiger partial charge in [0.15, 0.2) is 0 Å². The molecule has 1 aromatic carbocycles. The van der Waals surface area contributed by atoms with Crippen molar-refractivity contribution in [2.75, 3.05) is 60.5 Å². The number of nitrogens with zero attached hydrogens (tertiary/aromatic N) is 3. The molecule has 1 aliphatic rings. The third-order valence-corrected chi connectivity index (χ3v) is 4.87. The van der Waals surface area contributed by atoms with E-state index in [0.717, 1.165) is 44.6 Å². The largest absolute Gasteiger partial charge is 0.375 e. The molecule has 5 nitrogen and oxygen atoms in total. The summed E-state index contributed by atoms with van der Waals surface area (Å²) in [6, 6.07) is 6.97. The second-order valence-corrected chi connectivity index (χ2v) is 7.41. The number of ether oxygens (including phenoxy) is 1. The van der Waals surface area contributed by atoms with E-state index in [1.165, 1.54) is 6.07 Å². The van der Waals surface area contributed by atoms with Crippen LogP contribution >= 0.6 is 0 Å². The van der Waals surface area contributed by atoms with Gasteiger partial charge in [0.25, 0.3) is 0 Å². The van der Waals surface area contributed by atoms with Crippen molar-refractivity contribution in [3.63, 3.8) is 0 Å². The Balaban J connectivity index is 1.93. The van der Waals surface area contributed by atoms with Gasteiger partial charge in [-0.2, -0.15) is 0 Å². The maximum atomic E-state index is 13.9. The van der Waals surface area contributed by atoms with Crippen molar-refractivity contribution in [1.82, 2.24) is 14.7 Å². The van der Waals surface area contributed by atoms with Gasteiger partial charge in [0, 0.05) is 45.4 Å². The SMILES string of the molecule is COCC(=O)N(CCN(C)C)C[C@@H]1CCCN(Cc2ccccc2F)C1. The van der Waals surface area contributed by atoms with E-state index in [1.54, 1.807) is 13.2 Å². The zero-order valence-corrected chi connectivity index (χ0v) is 16.3. The molecule has 0 spiro atoms. The molecule has 2 rings (SSSR count). The molecule has 1 aliphatic heterocycles. The first-order chi connectivity index (χ1) is 12.5. The Hall–Kier alpha value is -1.50. The Morgan fingerprint density at radius 2 is 2.08 bits per heavy atom. The van der Waals surface area contributed by atoms with Crippen LogP contribution < -0.4 is 0 Å². The van der Waals surface area contributed by atoms with Crippen LogP contribution in [0.4, 0.5) is 4.39 Å². The quantitative estimate of drug-likeness (QED) is 0.671. The summed E-state index contributed by atoms with van der Waals surface area (Å²) >= 11 is 0. The monoisotopic (exact) mass is 365 g/mol. The number of carbonyl (C=O) groups excluding carboxylic acids is 1. The summed E-state index contributed by atoms with van der Waals surface area (Å²) < 4.78 is 19.0. The van der Waals surface area contributed by atoms with Crippen molar-refractivity contribution >= 4 is 5.91 Å². The van der Waals surface area contributed by atoms with E-state index in [-0.39, 0.29) is 18.3 Å². The van der Waals surface area contributed by atoms with E-state index in [0.29, 0.717) is 19.0 Å². The van der Waals surface area contributed by atoms with E-state index in [1.807, 2.05) is 31.1 Å². The zero-order chi connectivity index (χ0) is 18.9. The number of hydrogen-bond donors (Lipinski definition) is 0. The summed E-state index contributed by atoms with van der Waals surface area (Å²) in [5, 5.41) is 0. The van der Waals surface area contributed by atoms with E-state index in [9.17, 15) is 9.18 Å². The summed E-state index contributed by atoms with van der Waals surface area (Å²) in [4.78, 5) is 18.7. The van der Waals surface area contributed by atoms with E-state index in [4.69, 9.17) is 4.74 Å². The van der Waals surface area contributed by atoms with Gasteiger partial charge in [-0.15, -0.1) is 0 Å². The maximum Gasteiger partial charge on any atom is 0.248 e. The van der Waals surface area contributed by atoms with E-state index < -0.39 is 0 Å². The summed E-state index contributed by atoms with van der Waals surface area (Å²) in [5.41, 5.74) is 0.744. The Morgan fingerprint density at radius 1 is 1.31 bits per heavy atom. The lowest BCUT2D eigenvalue weighted by Crippen LogP contribution is -2.45. The minimum atomic E-state index is -0.141. The number of hydrogen-bond acceptors (Lipinski definition) is 4. The minimum absolute atomic E-state index is 0.0422. The molecule has 6 heteroatoms. The molecule has 26 heavy (non-hydrogen) atoms. The fourth-order valence-electron chi connectivity index (χ4n) is 3.48. The van der Waals surface area contributed by atoms with Gasteiger partial charge in [0.05, 0.1) is 0 Å². The third kappa shape index (κ3) is 6.67. The topological polar surface area (TPSA) is 36.0 Å². The van der Waals surface area contributed by atoms with Gasteiger partial charge in [0.1, 0.15) is 12.4 Å². The van der Waals surface area contributed by atoms with Gasteiger partial charge in [-0.1, -0.05) is 18.2 Å². The van der Waals surface area contributed by atoms with Crippen LogP contribution in [0.25, 0.3) is 0 Å². The lowest BCUT2D eigenvalue weighted by Gasteiger charge is -2.36. The predicted octanol–water partition coefficient (Wildman–Crippen LogP) is 2.07. The minimum Gasteiger partial charge on any atom is -0.375 e. The number of halogens is 1. The highest BCUT2D eigenvalue weighted by molar-refractivity contribution is 5.77.